The Morgan fingerprint density at radius 3 is 2.04 bits per heavy atom. The SMILES string of the molecule is CCCCN1C(=O)NC(C(F)(F)F)(C(F)(F)F)C2=C1CC(C)(C)CC2=O. The number of alkyl halides is 6. The van der Waals surface area contributed by atoms with Gasteiger partial charge in [-0.05, 0) is 18.3 Å². The van der Waals surface area contributed by atoms with Crippen LogP contribution in [-0.2, 0) is 4.79 Å². The first-order chi connectivity index (χ1) is 11.7. The van der Waals surface area contributed by atoms with E-state index in [0.29, 0.717) is 12.8 Å². The Morgan fingerprint density at radius 2 is 1.58 bits per heavy atom. The minimum atomic E-state index is -5.91. The highest BCUT2D eigenvalue weighted by Gasteiger charge is 2.77. The van der Waals surface area contributed by atoms with Crippen LogP contribution in [0.2, 0.25) is 0 Å². The molecular formula is C16H20F6N2O2. The van der Waals surface area contributed by atoms with Gasteiger partial charge < -0.3 is 5.32 Å². The van der Waals surface area contributed by atoms with Crippen molar-refractivity contribution >= 4 is 11.8 Å². The number of unbranched alkanes of at least 4 members (excludes halogenated alkanes) is 1. The van der Waals surface area contributed by atoms with E-state index < -0.39 is 52.8 Å². The number of carbonyl (C=O) groups excluding carboxylic acids is 2. The first-order valence-electron chi connectivity index (χ1n) is 8.18. The van der Waals surface area contributed by atoms with Gasteiger partial charge in [-0.15, -0.1) is 0 Å². The van der Waals surface area contributed by atoms with Gasteiger partial charge in [-0.3, -0.25) is 9.69 Å². The van der Waals surface area contributed by atoms with Gasteiger partial charge in [0, 0.05) is 18.7 Å². The zero-order chi connectivity index (χ0) is 20.1. The number of Topliss-reactive ketones (excluding diaryl/α,β-unsaturated/α-hetero) is 1. The standard InChI is InChI=1S/C16H20F6N2O2/c1-4-5-6-24-9-7-13(2,3)8-10(25)11(9)14(15(17,18)19,16(20,21)22)23-12(24)26/h4-8H2,1-3H3,(H,23,26). The number of amides is 2. The summed E-state index contributed by atoms with van der Waals surface area (Å²) < 4.78 is 81.9. The summed E-state index contributed by atoms with van der Waals surface area (Å²) >= 11 is 0. The predicted octanol–water partition coefficient (Wildman–Crippen LogP) is 4.32. The quantitative estimate of drug-likeness (QED) is 0.735. The van der Waals surface area contributed by atoms with E-state index in [9.17, 15) is 35.9 Å². The molecule has 0 saturated heterocycles. The third kappa shape index (κ3) is 3.07. The van der Waals surface area contributed by atoms with Crippen molar-refractivity contribution in [3.05, 3.63) is 11.3 Å². The number of hydrogen-bond acceptors (Lipinski definition) is 2. The molecule has 0 aromatic carbocycles. The van der Waals surface area contributed by atoms with E-state index in [2.05, 4.69) is 0 Å². The van der Waals surface area contributed by atoms with Gasteiger partial charge >= 0.3 is 18.4 Å². The average molecular weight is 386 g/mol. The number of rotatable bonds is 3. The fraction of sp³-hybridized carbons (Fsp3) is 0.750. The number of allylic oxidation sites excluding steroid dienone is 1. The summed E-state index contributed by atoms with van der Waals surface area (Å²) in [5.41, 5.74) is -7.39. The lowest BCUT2D eigenvalue weighted by molar-refractivity contribution is -0.292. The van der Waals surface area contributed by atoms with Crippen molar-refractivity contribution in [3.8, 4) is 0 Å². The van der Waals surface area contributed by atoms with Gasteiger partial charge in [-0.1, -0.05) is 27.2 Å². The van der Waals surface area contributed by atoms with Crippen LogP contribution in [0.15, 0.2) is 11.3 Å². The molecule has 2 amide bonds. The van der Waals surface area contributed by atoms with Crippen LogP contribution in [0.5, 0.6) is 0 Å². The lowest BCUT2D eigenvalue weighted by Gasteiger charge is -2.49. The highest BCUT2D eigenvalue weighted by atomic mass is 19.4. The minimum absolute atomic E-state index is 0.0592. The molecule has 0 bridgehead atoms. The first-order valence-corrected chi connectivity index (χ1v) is 8.18. The Hall–Kier alpha value is -1.74. The van der Waals surface area contributed by atoms with Gasteiger partial charge in [0.05, 0.1) is 5.57 Å². The van der Waals surface area contributed by atoms with E-state index in [-0.39, 0.29) is 13.0 Å². The van der Waals surface area contributed by atoms with Crippen LogP contribution >= 0.6 is 0 Å². The molecule has 0 fully saturated rings. The van der Waals surface area contributed by atoms with Crippen LogP contribution in [0.1, 0.15) is 46.5 Å². The molecule has 2 rings (SSSR count). The van der Waals surface area contributed by atoms with E-state index in [1.807, 2.05) is 0 Å². The molecule has 148 valence electrons. The Bertz CT molecular complexity index is 634. The number of hydrogen-bond donors (Lipinski definition) is 1. The third-order valence-corrected chi connectivity index (χ3v) is 4.68. The monoisotopic (exact) mass is 386 g/mol. The first kappa shape index (κ1) is 20.6. The van der Waals surface area contributed by atoms with E-state index in [0.717, 1.165) is 10.2 Å². The van der Waals surface area contributed by atoms with Gasteiger partial charge in [-0.25, -0.2) is 4.79 Å². The van der Waals surface area contributed by atoms with Crippen molar-refractivity contribution in [1.82, 2.24) is 10.2 Å². The minimum Gasteiger partial charge on any atom is -0.312 e. The van der Waals surface area contributed by atoms with Gasteiger partial charge in [0.1, 0.15) is 0 Å². The van der Waals surface area contributed by atoms with Crippen LogP contribution in [0.3, 0.4) is 0 Å². The van der Waals surface area contributed by atoms with Gasteiger partial charge in [0.15, 0.2) is 5.78 Å². The Balaban J connectivity index is 2.81. The second kappa shape index (κ2) is 6.16. The number of nitrogens with zero attached hydrogens (tertiary/aromatic N) is 1. The van der Waals surface area contributed by atoms with Crippen molar-refractivity contribution in [3.63, 3.8) is 0 Å². The van der Waals surface area contributed by atoms with Crippen molar-refractivity contribution in [2.75, 3.05) is 6.54 Å². The van der Waals surface area contributed by atoms with Crippen LogP contribution in [0.25, 0.3) is 0 Å². The van der Waals surface area contributed by atoms with Crippen LogP contribution in [0, 0.1) is 5.41 Å². The Morgan fingerprint density at radius 1 is 1.04 bits per heavy atom. The fourth-order valence-electron chi connectivity index (χ4n) is 3.50. The molecule has 10 heteroatoms. The lowest BCUT2D eigenvalue weighted by atomic mass is 9.69. The molecular weight excluding hydrogens is 366 g/mol. The highest BCUT2D eigenvalue weighted by Crippen LogP contribution is 2.54. The molecule has 0 saturated carbocycles. The maximum Gasteiger partial charge on any atom is 0.425 e. The number of urea groups is 1. The maximum atomic E-state index is 13.6. The molecule has 0 aromatic heterocycles. The molecule has 0 atom stereocenters. The largest absolute Gasteiger partial charge is 0.425 e. The van der Waals surface area contributed by atoms with Crippen LogP contribution in [0.4, 0.5) is 31.1 Å². The molecule has 26 heavy (non-hydrogen) atoms. The van der Waals surface area contributed by atoms with Crippen molar-refractivity contribution in [1.29, 1.82) is 0 Å². The second-order valence-corrected chi connectivity index (χ2v) is 7.44. The number of ketones is 1. The number of carbonyl (C=O) groups is 2. The van der Waals surface area contributed by atoms with Gasteiger partial charge in [0.25, 0.3) is 5.54 Å². The fourth-order valence-corrected chi connectivity index (χ4v) is 3.50. The molecule has 1 aliphatic heterocycles. The summed E-state index contributed by atoms with van der Waals surface area (Å²) in [4.78, 5) is 25.5. The molecule has 1 N–H and O–H groups in total. The molecule has 0 unspecified atom stereocenters. The summed E-state index contributed by atoms with van der Waals surface area (Å²) in [6.45, 7) is 4.85. The summed E-state index contributed by atoms with van der Waals surface area (Å²) in [6.07, 6.45) is -11.5. The Kier molecular flexibility index (Phi) is 4.87. The van der Waals surface area contributed by atoms with Gasteiger partial charge in [-0.2, -0.15) is 26.3 Å². The summed E-state index contributed by atoms with van der Waals surface area (Å²) in [7, 11) is 0. The predicted molar refractivity (Wildman–Crippen MR) is 80.0 cm³/mol. The maximum absolute atomic E-state index is 13.6. The summed E-state index contributed by atoms with van der Waals surface area (Å²) in [5.74, 6) is -1.24. The third-order valence-electron chi connectivity index (χ3n) is 4.68. The van der Waals surface area contributed by atoms with Crippen LogP contribution in [-0.4, -0.2) is 41.2 Å². The molecule has 2 aliphatic rings. The van der Waals surface area contributed by atoms with E-state index >= 15 is 0 Å². The normalized spacial score (nSPS) is 23.0. The highest BCUT2D eigenvalue weighted by molar-refractivity contribution is 6.03. The number of halogens is 6. The van der Waals surface area contributed by atoms with Gasteiger partial charge in [0.2, 0.25) is 0 Å². The average Bonchev–Trinajstić information content (AvgIpc) is 2.41. The van der Waals surface area contributed by atoms with Crippen molar-refractivity contribution in [2.24, 2.45) is 5.41 Å². The molecule has 0 aromatic rings. The molecule has 4 nitrogen and oxygen atoms in total. The van der Waals surface area contributed by atoms with Crippen molar-refractivity contribution in [2.45, 2.75) is 64.3 Å². The van der Waals surface area contributed by atoms with Crippen LogP contribution < -0.4 is 5.32 Å². The zero-order valence-corrected chi connectivity index (χ0v) is 14.6. The molecule has 1 aliphatic carbocycles. The number of nitrogens with one attached hydrogen (secondary N) is 1. The second-order valence-electron chi connectivity index (χ2n) is 7.44. The summed E-state index contributed by atoms with van der Waals surface area (Å²) in [5, 5.41) is 1.08. The lowest BCUT2D eigenvalue weighted by Crippen LogP contribution is -2.74. The Labute approximate surface area is 146 Å². The molecule has 0 radical (unpaired) electrons. The zero-order valence-electron chi connectivity index (χ0n) is 14.6. The molecule has 1 heterocycles. The molecule has 0 spiro atoms. The van der Waals surface area contributed by atoms with E-state index in [1.165, 1.54) is 0 Å². The summed E-state index contributed by atoms with van der Waals surface area (Å²) in [6, 6.07) is -1.49. The van der Waals surface area contributed by atoms with E-state index in [4.69, 9.17) is 0 Å². The van der Waals surface area contributed by atoms with Crippen molar-refractivity contribution < 1.29 is 35.9 Å². The topological polar surface area (TPSA) is 49.4 Å². The smallest absolute Gasteiger partial charge is 0.312 e. The van der Waals surface area contributed by atoms with E-state index in [1.54, 1.807) is 20.8 Å².